The number of aromatic hydroxyl groups is 1. The number of benzene rings is 1. The Hall–Kier alpha value is -1.59. The molecule has 1 aliphatic rings. The number of carbonyl (C=O) groups excluding carboxylic acids is 1. The molecule has 0 saturated heterocycles. The summed E-state index contributed by atoms with van der Waals surface area (Å²) in [5.74, 6) is -0.000966. The Morgan fingerprint density at radius 1 is 1.47 bits per heavy atom. The number of phenols is 1. The lowest BCUT2D eigenvalue weighted by molar-refractivity contribution is -0.147. The van der Waals surface area contributed by atoms with Gasteiger partial charge >= 0.3 is 5.97 Å². The van der Waals surface area contributed by atoms with Gasteiger partial charge in [-0.2, -0.15) is 0 Å². The third kappa shape index (κ3) is 3.05. The maximum absolute atomic E-state index is 12.0. The molecule has 3 N–H and O–H groups in total. The zero-order valence-electron chi connectivity index (χ0n) is 11.1. The zero-order chi connectivity index (χ0) is 14.0. The van der Waals surface area contributed by atoms with E-state index in [1.54, 1.807) is 6.07 Å². The second-order valence-electron chi connectivity index (χ2n) is 5.19. The van der Waals surface area contributed by atoms with E-state index >= 15 is 0 Å². The SMILES string of the molecule is CC(C)COC(=O)[C@H]1NC[C@H](O)c2cc(O)ccc21. The quantitative estimate of drug-likeness (QED) is 0.717. The second kappa shape index (κ2) is 5.59. The number of rotatable bonds is 3. The van der Waals surface area contributed by atoms with Crippen molar-refractivity contribution in [3.8, 4) is 5.75 Å². The van der Waals surface area contributed by atoms with E-state index in [-0.39, 0.29) is 24.2 Å². The molecule has 5 heteroatoms. The van der Waals surface area contributed by atoms with E-state index in [0.717, 1.165) is 0 Å². The van der Waals surface area contributed by atoms with Crippen molar-refractivity contribution in [2.24, 2.45) is 5.92 Å². The van der Waals surface area contributed by atoms with E-state index in [1.165, 1.54) is 12.1 Å². The Morgan fingerprint density at radius 3 is 2.89 bits per heavy atom. The largest absolute Gasteiger partial charge is 0.508 e. The summed E-state index contributed by atoms with van der Waals surface area (Å²) < 4.78 is 5.22. The van der Waals surface area contributed by atoms with Gasteiger partial charge < -0.3 is 14.9 Å². The average molecular weight is 265 g/mol. The molecule has 1 aromatic carbocycles. The Morgan fingerprint density at radius 2 is 2.21 bits per heavy atom. The monoisotopic (exact) mass is 265 g/mol. The third-order valence-corrected chi connectivity index (χ3v) is 3.05. The number of esters is 1. The highest BCUT2D eigenvalue weighted by atomic mass is 16.5. The van der Waals surface area contributed by atoms with Gasteiger partial charge in [-0.15, -0.1) is 0 Å². The van der Waals surface area contributed by atoms with Crippen LogP contribution in [0.25, 0.3) is 0 Å². The maximum Gasteiger partial charge on any atom is 0.327 e. The van der Waals surface area contributed by atoms with Gasteiger partial charge in [-0.1, -0.05) is 19.9 Å². The Kier molecular flexibility index (Phi) is 4.07. The molecule has 0 aromatic heterocycles. The molecule has 0 saturated carbocycles. The Bertz CT molecular complexity index is 473. The number of carbonyl (C=O) groups is 1. The fourth-order valence-corrected chi connectivity index (χ4v) is 2.11. The minimum atomic E-state index is -0.726. The molecule has 19 heavy (non-hydrogen) atoms. The highest BCUT2D eigenvalue weighted by Crippen LogP contribution is 2.32. The highest BCUT2D eigenvalue weighted by molar-refractivity contribution is 5.78. The number of aliphatic hydroxyl groups is 1. The van der Waals surface area contributed by atoms with Gasteiger partial charge in [0.05, 0.1) is 12.7 Å². The molecule has 2 rings (SSSR count). The summed E-state index contributed by atoms with van der Waals surface area (Å²) in [5, 5.41) is 22.3. The van der Waals surface area contributed by atoms with Crippen LogP contribution in [0.5, 0.6) is 5.75 Å². The summed E-state index contributed by atoms with van der Waals surface area (Å²) in [6.45, 7) is 4.57. The fourth-order valence-electron chi connectivity index (χ4n) is 2.11. The summed E-state index contributed by atoms with van der Waals surface area (Å²) >= 11 is 0. The smallest absolute Gasteiger partial charge is 0.327 e. The molecule has 0 bridgehead atoms. The Labute approximate surface area is 112 Å². The van der Waals surface area contributed by atoms with Gasteiger partial charge in [0.2, 0.25) is 0 Å². The van der Waals surface area contributed by atoms with Crippen LogP contribution in [0.3, 0.4) is 0 Å². The van der Waals surface area contributed by atoms with Crippen LogP contribution < -0.4 is 5.32 Å². The molecule has 104 valence electrons. The van der Waals surface area contributed by atoms with Gasteiger partial charge in [0, 0.05) is 6.54 Å². The summed E-state index contributed by atoms with van der Waals surface area (Å²) in [6, 6.07) is 4.05. The maximum atomic E-state index is 12.0. The fraction of sp³-hybridized carbons (Fsp3) is 0.500. The number of aliphatic hydroxyl groups excluding tert-OH is 1. The van der Waals surface area contributed by atoms with Crippen molar-refractivity contribution >= 4 is 5.97 Å². The molecule has 2 atom stereocenters. The minimum Gasteiger partial charge on any atom is -0.508 e. The molecule has 0 fully saturated rings. The number of fused-ring (bicyclic) bond motifs is 1. The van der Waals surface area contributed by atoms with Crippen molar-refractivity contribution in [3.05, 3.63) is 29.3 Å². The topological polar surface area (TPSA) is 78.8 Å². The van der Waals surface area contributed by atoms with E-state index in [9.17, 15) is 15.0 Å². The molecular formula is C14H19NO4. The van der Waals surface area contributed by atoms with E-state index in [2.05, 4.69) is 5.32 Å². The third-order valence-electron chi connectivity index (χ3n) is 3.05. The number of nitrogens with one attached hydrogen (secondary N) is 1. The lowest BCUT2D eigenvalue weighted by Crippen LogP contribution is -2.38. The lowest BCUT2D eigenvalue weighted by Gasteiger charge is -2.29. The minimum absolute atomic E-state index is 0.0778. The van der Waals surface area contributed by atoms with Crippen molar-refractivity contribution in [1.82, 2.24) is 5.32 Å². The van der Waals surface area contributed by atoms with Crippen molar-refractivity contribution in [1.29, 1.82) is 0 Å². The molecule has 5 nitrogen and oxygen atoms in total. The van der Waals surface area contributed by atoms with Gasteiger partial charge in [0.15, 0.2) is 0 Å². The molecular weight excluding hydrogens is 246 g/mol. The van der Waals surface area contributed by atoms with Crippen LogP contribution in [0.15, 0.2) is 18.2 Å². The summed E-state index contributed by atoms with van der Waals surface area (Å²) in [7, 11) is 0. The van der Waals surface area contributed by atoms with Gasteiger partial charge in [-0.25, -0.2) is 4.79 Å². The molecule has 1 aliphatic heterocycles. The van der Waals surface area contributed by atoms with E-state index in [4.69, 9.17) is 4.74 Å². The van der Waals surface area contributed by atoms with Gasteiger partial charge in [-0.05, 0) is 29.2 Å². The molecule has 0 spiro atoms. The number of ether oxygens (including phenoxy) is 1. The van der Waals surface area contributed by atoms with Crippen molar-refractivity contribution in [2.75, 3.05) is 13.2 Å². The molecule has 0 amide bonds. The normalized spacial score (nSPS) is 22.1. The zero-order valence-corrected chi connectivity index (χ0v) is 11.1. The molecule has 1 heterocycles. The van der Waals surface area contributed by atoms with Crippen LogP contribution in [-0.4, -0.2) is 29.3 Å². The number of phenolic OH excluding ortho intramolecular Hbond substituents is 1. The number of β-amino-alcohol motifs (C(OH)–C–C–N with tert-alkyl or cyclic N) is 1. The number of hydrogen-bond acceptors (Lipinski definition) is 5. The van der Waals surface area contributed by atoms with Gasteiger partial charge in [-0.3, -0.25) is 5.32 Å². The predicted molar refractivity (Wildman–Crippen MR) is 69.6 cm³/mol. The first kappa shape index (κ1) is 13.8. The van der Waals surface area contributed by atoms with Crippen LogP contribution in [-0.2, 0) is 9.53 Å². The summed E-state index contributed by atoms with van der Waals surface area (Å²) in [5.41, 5.74) is 1.23. The van der Waals surface area contributed by atoms with Gasteiger partial charge in [0.25, 0.3) is 0 Å². The van der Waals surface area contributed by atoms with Crippen molar-refractivity contribution in [2.45, 2.75) is 26.0 Å². The van der Waals surface area contributed by atoms with Crippen molar-refractivity contribution in [3.63, 3.8) is 0 Å². The van der Waals surface area contributed by atoms with E-state index in [1.807, 2.05) is 13.8 Å². The molecule has 0 radical (unpaired) electrons. The van der Waals surface area contributed by atoms with Crippen LogP contribution in [0.2, 0.25) is 0 Å². The van der Waals surface area contributed by atoms with E-state index < -0.39 is 12.1 Å². The van der Waals surface area contributed by atoms with Crippen LogP contribution in [0, 0.1) is 5.92 Å². The average Bonchev–Trinajstić information content (AvgIpc) is 2.37. The second-order valence-corrected chi connectivity index (χ2v) is 5.19. The molecule has 1 aromatic rings. The predicted octanol–water partition coefficient (Wildman–Crippen LogP) is 1.27. The van der Waals surface area contributed by atoms with Crippen LogP contribution in [0.1, 0.15) is 37.1 Å². The van der Waals surface area contributed by atoms with Crippen molar-refractivity contribution < 1.29 is 19.7 Å². The first-order chi connectivity index (χ1) is 8.99. The number of hydrogen-bond donors (Lipinski definition) is 3. The summed E-state index contributed by atoms with van der Waals surface area (Å²) in [4.78, 5) is 12.0. The summed E-state index contributed by atoms with van der Waals surface area (Å²) in [6.07, 6.45) is -0.726. The first-order valence-corrected chi connectivity index (χ1v) is 6.40. The van der Waals surface area contributed by atoms with Crippen LogP contribution in [0.4, 0.5) is 0 Å². The van der Waals surface area contributed by atoms with Crippen LogP contribution >= 0.6 is 0 Å². The lowest BCUT2D eigenvalue weighted by atomic mass is 9.92. The highest BCUT2D eigenvalue weighted by Gasteiger charge is 2.31. The first-order valence-electron chi connectivity index (χ1n) is 6.40. The van der Waals surface area contributed by atoms with E-state index in [0.29, 0.717) is 17.7 Å². The standard InChI is InChI=1S/C14H19NO4/c1-8(2)7-19-14(18)13-10-4-3-9(16)5-11(10)12(17)6-15-13/h3-5,8,12-13,15-17H,6-7H2,1-2H3/t12-,13-/m0/s1. The Balaban J connectivity index is 2.21. The molecule has 0 unspecified atom stereocenters. The van der Waals surface area contributed by atoms with Gasteiger partial charge in [0.1, 0.15) is 11.8 Å². The molecule has 0 aliphatic carbocycles.